The standard InChI is InChI=1S/C19H21NO3/c1-19(2)20(17(22-3)13-23-19)18(21)16-12-8-7-11-15(16)14-9-5-4-6-10-14/h4-12,17H,13H2,1-3H3. The summed E-state index contributed by atoms with van der Waals surface area (Å²) in [6, 6.07) is 17.6. The maximum absolute atomic E-state index is 13.2. The summed E-state index contributed by atoms with van der Waals surface area (Å²) in [5.74, 6) is -0.0844. The molecule has 1 heterocycles. The zero-order valence-electron chi connectivity index (χ0n) is 13.7. The summed E-state index contributed by atoms with van der Waals surface area (Å²) in [5.41, 5.74) is 1.89. The summed E-state index contributed by atoms with van der Waals surface area (Å²) in [6.45, 7) is 4.15. The highest BCUT2D eigenvalue weighted by molar-refractivity contribution is 6.01. The normalized spacial score (nSPS) is 19.8. The van der Waals surface area contributed by atoms with Crippen LogP contribution in [0.3, 0.4) is 0 Å². The molecule has 2 aromatic carbocycles. The second-order valence-electron chi connectivity index (χ2n) is 6.03. The molecule has 120 valence electrons. The molecule has 3 rings (SSSR count). The molecule has 0 N–H and O–H groups in total. The molecule has 1 fully saturated rings. The number of benzene rings is 2. The third-order valence-electron chi connectivity index (χ3n) is 4.18. The van der Waals surface area contributed by atoms with E-state index in [2.05, 4.69) is 0 Å². The second-order valence-corrected chi connectivity index (χ2v) is 6.03. The summed E-state index contributed by atoms with van der Waals surface area (Å²) < 4.78 is 11.2. The zero-order valence-corrected chi connectivity index (χ0v) is 13.7. The first-order valence-electron chi connectivity index (χ1n) is 7.69. The molecule has 23 heavy (non-hydrogen) atoms. The summed E-state index contributed by atoms with van der Waals surface area (Å²) in [4.78, 5) is 14.9. The van der Waals surface area contributed by atoms with Crippen LogP contribution in [-0.4, -0.2) is 36.5 Å². The molecular weight excluding hydrogens is 290 g/mol. The van der Waals surface area contributed by atoms with Crippen molar-refractivity contribution in [1.82, 2.24) is 4.90 Å². The third kappa shape index (κ3) is 2.87. The van der Waals surface area contributed by atoms with Crippen molar-refractivity contribution in [1.29, 1.82) is 0 Å². The van der Waals surface area contributed by atoms with Gasteiger partial charge in [0, 0.05) is 12.7 Å². The minimum Gasteiger partial charge on any atom is -0.359 e. The van der Waals surface area contributed by atoms with Gasteiger partial charge in [0.2, 0.25) is 0 Å². The van der Waals surface area contributed by atoms with Crippen LogP contribution in [-0.2, 0) is 9.47 Å². The third-order valence-corrected chi connectivity index (χ3v) is 4.18. The van der Waals surface area contributed by atoms with Crippen molar-refractivity contribution in [2.75, 3.05) is 13.7 Å². The van der Waals surface area contributed by atoms with E-state index in [1.165, 1.54) is 0 Å². The number of methoxy groups -OCH3 is 1. The number of nitrogens with zero attached hydrogens (tertiary/aromatic N) is 1. The van der Waals surface area contributed by atoms with E-state index in [9.17, 15) is 4.79 Å². The van der Waals surface area contributed by atoms with Gasteiger partial charge in [-0.3, -0.25) is 9.69 Å². The molecule has 4 nitrogen and oxygen atoms in total. The first-order valence-corrected chi connectivity index (χ1v) is 7.69. The Labute approximate surface area is 136 Å². The van der Waals surface area contributed by atoms with Crippen molar-refractivity contribution in [3.8, 4) is 11.1 Å². The van der Waals surface area contributed by atoms with Crippen LogP contribution in [0.2, 0.25) is 0 Å². The van der Waals surface area contributed by atoms with E-state index in [0.29, 0.717) is 12.2 Å². The molecule has 0 aromatic heterocycles. The largest absolute Gasteiger partial charge is 0.359 e. The monoisotopic (exact) mass is 311 g/mol. The number of carbonyl (C=O) groups excluding carboxylic acids is 1. The van der Waals surface area contributed by atoms with E-state index >= 15 is 0 Å². The molecule has 1 aliphatic rings. The highest BCUT2D eigenvalue weighted by Crippen LogP contribution is 2.32. The molecule has 1 amide bonds. The minimum absolute atomic E-state index is 0.0844. The van der Waals surface area contributed by atoms with Gasteiger partial charge < -0.3 is 9.47 Å². The minimum atomic E-state index is -0.693. The fourth-order valence-electron chi connectivity index (χ4n) is 2.98. The molecule has 0 aliphatic carbocycles. The summed E-state index contributed by atoms with van der Waals surface area (Å²) in [5, 5.41) is 0. The molecule has 4 heteroatoms. The van der Waals surface area contributed by atoms with Crippen LogP contribution in [0.4, 0.5) is 0 Å². The van der Waals surface area contributed by atoms with Gasteiger partial charge in [-0.1, -0.05) is 48.5 Å². The first-order chi connectivity index (χ1) is 11.0. The van der Waals surface area contributed by atoms with E-state index in [0.717, 1.165) is 11.1 Å². The first kappa shape index (κ1) is 15.7. The zero-order chi connectivity index (χ0) is 16.4. The van der Waals surface area contributed by atoms with Gasteiger partial charge in [-0.25, -0.2) is 0 Å². The lowest BCUT2D eigenvalue weighted by Crippen LogP contribution is -2.48. The number of hydrogen-bond acceptors (Lipinski definition) is 3. The SMILES string of the molecule is COC1COC(C)(C)N1C(=O)c1ccccc1-c1ccccc1. The maximum atomic E-state index is 13.2. The van der Waals surface area contributed by atoms with Gasteiger partial charge in [-0.05, 0) is 31.0 Å². The number of carbonyl (C=O) groups is 1. The number of ether oxygens (including phenoxy) is 2. The van der Waals surface area contributed by atoms with Crippen LogP contribution >= 0.6 is 0 Å². The van der Waals surface area contributed by atoms with Gasteiger partial charge in [-0.15, -0.1) is 0 Å². The predicted molar refractivity (Wildman–Crippen MR) is 88.9 cm³/mol. The summed E-state index contributed by atoms with van der Waals surface area (Å²) in [7, 11) is 1.60. The van der Waals surface area contributed by atoms with Crippen LogP contribution in [0.15, 0.2) is 54.6 Å². The Hall–Kier alpha value is -2.17. The topological polar surface area (TPSA) is 38.8 Å². The van der Waals surface area contributed by atoms with Crippen LogP contribution in [0.25, 0.3) is 11.1 Å². The molecule has 1 saturated heterocycles. The Morgan fingerprint density at radius 1 is 1.13 bits per heavy atom. The average Bonchev–Trinajstić information content (AvgIpc) is 2.89. The Bertz CT molecular complexity index is 697. The number of hydrogen-bond donors (Lipinski definition) is 0. The van der Waals surface area contributed by atoms with Gasteiger partial charge in [0.05, 0.1) is 6.61 Å². The van der Waals surface area contributed by atoms with Gasteiger partial charge in [-0.2, -0.15) is 0 Å². The quantitative estimate of drug-likeness (QED) is 0.870. The lowest BCUT2D eigenvalue weighted by atomic mass is 9.98. The fraction of sp³-hybridized carbons (Fsp3) is 0.316. The molecule has 0 radical (unpaired) electrons. The van der Waals surface area contributed by atoms with E-state index in [-0.39, 0.29) is 12.1 Å². The number of rotatable bonds is 3. The van der Waals surface area contributed by atoms with Crippen molar-refractivity contribution in [2.45, 2.75) is 25.8 Å². The summed E-state index contributed by atoms with van der Waals surface area (Å²) in [6.07, 6.45) is -0.374. The van der Waals surface area contributed by atoms with Crippen LogP contribution < -0.4 is 0 Å². The molecule has 0 bridgehead atoms. The van der Waals surface area contributed by atoms with E-state index < -0.39 is 5.72 Å². The Kier molecular flexibility index (Phi) is 4.20. The predicted octanol–water partition coefficient (Wildman–Crippen LogP) is 3.53. The van der Waals surface area contributed by atoms with Crippen molar-refractivity contribution in [3.63, 3.8) is 0 Å². The highest BCUT2D eigenvalue weighted by atomic mass is 16.6. The Morgan fingerprint density at radius 3 is 2.48 bits per heavy atom. The second kappa shape index (κ2) is 6.14. The Balaban J connectivity index is 2.04. The molecule has 0 spiro atoms. The molecule has 0 saturated carbocycles. The van der Waals surface area contributed by atoms with Gasteiger partial charge in [0.1, 0.15) is 5.72 Å². The fourth-order valence-corrected chi connectivity index (χ4v) is 2.98. The van der Waals surface area contributed by atoms with E-state index in [1.54, 1.807) is 12.0 Å². The van der Waals surface area contributed by atoms with E-state index in [4.69, 9.17) is 9.47 Å². The summed E-state index contributed by atoms with van der Waals surface area (Å²) >= 11 is 0. The molecule has 1 aliphatic heterocycles. The van der Waals surface area contributed by atoms with Crippen LogP contribution in [0, 0.1) is 0 Å². The number of amides is 1. The van der Waals surface area contributed by atoms with Crippen molar-refractivity contribution in [2.24, 2.45) is 0 Å². The highest BCUT2D eigenvalue weighted by Gasteiger charge is 2.44. The lowest BCUT2D eigenvalue weighted by Gasteiger charge is -2.33. The van der Waals surface area contributed by atoms with Crippen LogP contribution in [0.5, 0.6) is 0 Å². The van der Waals surface area contributed by atoms with Crippen molar-refractivity contribution in [3.05, 3.63) is 60.2 Å². The molecule has 1 atom stereocenters. The average molecular weight is 311 g/mol. The molecule has 1 unspecified atom stereocenters. The van der Waals surface area contributed by atoms with Crippen molar-refractivity contribution >= 4 is 5.91 Å². The lowest BCUT2D eigenvalue weighted by molar-refractivity contribution is -0.0569. The van der Waals surface area contributed by atoms with Gasteiger partial charge in [0.15, 0.2) is 6.23 Å². The van der Waals surface area contributed by atoms with Crippen LogP contribution in [0.1, 0.15) is 24.2 Å². The maximum Gasteiger partial charge on any atom is 0.258 e. The van der Waals surface area contributed by atoms with Gasteiger partial charge in [0.25, 0.3) is 5.91 Å². The van der Waals surface area contributed by atoms with E-state index in [1.807, 2.05) is 68.4 Å². The Morgan fingerprint density at radius 2 is 1.78 bits per heavy atom. The smallest absolute Gasteiger partial charge is 0.258 e. The molecular formula is C19H21NO3. The van der Waals surface area contributed by atoms with Crippen molar-refractivity contribution < 1.29 is 14.3 Å². The molecule has 2 aromatic rings. The van der Waals surface area contributed by atoms with Gasteiger partial charge >= 0.3 is 0 Å².